The zero-order valence-corrected chi connectivity index (χ0v) is 16.5. The largest absolute Gasteiger partial charge is 0.475 e. The van der Waals surface area contributed by atoms with Crippen LogP contribution in [0.4, 0.5) is 0 Å². The number of hydrogen-bond donors (Lipinski definition) is 2. The third kappa shape index (κ3) is 7.01. The normalized spacial score (nSPS) is 12.7. The molecule has 2 heterocycles. The molecular formula is C19H28N4O2S. The molecule has 7 heteroatoms. The zero-order chi connectivity index (χ0) is 18.6. The van der Waals surface area contributed by atoms with Gasteiger partial charge in [0.05, 0.1) is 13.2 Å². The second-order valence-corrected chi connectivity index (χ2v) is 6.66. The third-order valence-corrected chi connectivity index (χ3v) is 4.49. The van der Waals surface area contributed by atoms with Gasteiger partial charge in [0.25, 0.3) is 0 Å². The van der Waals surface area contributed by atoms with Crippen molar-refractivity contribution in [2.24, 2.45) is 4.99 Å². The van der Waals surface area contributed by atoms with Gasteiger partial charge in [-0.3, -0.25) is 0 Å². The molecule has 0 aliphatic rings. The van der Waals surface area contributed by atoms with E-state index >= 15 is 0 Å². The average Bonchev–Trinajstić information content (AvgIpc) is 3.20. The van der Waals surface area contributed by atoms with E-state index in [0.717, 1.165) is 24.6 Å². The van der Waals surface area contributed by atoms with E-state index in [1.54, 1.807) is 24.6 Å². The van der Waals surface area contributed by atoms with Crippen LogP contribution in [0, 0.1) is 0 Å². The molecule has 0 aliphatic carbocycles. The van der Waals surface area contributed by atoms with Gasteiger partial charge in [0.2, 0.25) is 5.88 Å². The molecular weight excluding hydrogens is 348 g/mol. The predicted molar refractivity (Wildman–Crippen MR) is 107 cm³/mol. The van der Waals surface area contributed by atoms with Crippen LogP contribution in [0.1, 0.15) is 30.9 Å². The summed E-state index contributed by atoms with van der Waals surface area (Å²) in [4.78, 5) is 8.93. The fourth-order valence-electron chi connectivity index (χ4n) is 2.25. The fraction of sp³-hybridized carbons (Fsp3) is 0.474. The number of pyridine rings is 1. The molecule has 0 spiro atoms. The lowest BCUT2D eigenvalue weighted by atomic mass is 10.1. The summed E-state index contributed by atoms with van der Waals surface area (Å²) in [5, 5.41) is 11.0. The molecule has 0 bridgehead atoms. The maximum Gasteiger partial charge on any atom is 0.213 e. The number of ether oxygens (including phenoxy) is 2. The first kappa shape index (κ1) is 20.2. The Bertz CT molecular complexity index is 644. The van der Waals surface area contributed by atoms with E-state index in [0.29, 0.717) is 31.6 Å². The quantitative estimate of drug-likeness (QED) is 0.379. The summed E-state index contributed by atoms with van der Waals surface area (Å²) in [6.45, 7) is 7.55. The van der Waals surface area contributed by atoms with Crippen molar-refractivity contribution >= 4 is 17.3 Å². The van der Waals surface area contributed by atoms with Crippen LogP contribution in [-0.4, -0.2) is 44.4 Å². The second-order valence-electron chi connectivity index (χ2n) is 5.88. The van der Waals surface area contributed by atoms with Crippen molar-refractivity contribution in [3.05, 3.63) is 46.3 Å². The van der Waals surface area contributed by atoms with E-state index in [4.69, 9.17) is 9.47 Å². The van der Waals surface area contributed by atoms with Crippen LogP contribution in [0.25, 0.3) is 0 Å². The van der Waals surface area contributed by atoms with E-state index in [2.05, 4.69) is 51.3 Å². The molecule has 26 heavy (non-hydrogen) atoms. The molecule has 0 aliphatic heterocycles. The number of nitrogens with one attached hydrogen (secondary N) is 2. The Hall–Kier alpha value is -2.12. The number of nitrogens with zero attached hydrogens (tertiary/aromatic N) is 2. The predicted octanol–water partition coefficient (Wildman–Crippen LogP) is 3.03. The Balaban J connectivity index is 1.85. The van der Waals surface area contributed by atoms with Gasteiger partial charge < -0.3 is 20.1 Å². The van der Waals surface area contributed by atoms with E-state index in [1.807, 2.05) is 12.1 Å². The highest BCUT2D eigenvalue weighted by Gasteiger charge is 2.07. The van der Waals surface area contributed by atoms with Crippen LogP contribution >= 0.6 is 11.3 Å². The van der Waals surface area contributed by atoms with Crippen molar-refractivity contribution < 1.29 is 9.47 Å². The molecule has 0 fully saturated rings. The molecule has 0 saturated carbocycles. The topological polar surface area (TPSA) is 67.8 Å². The molecule has 1 atom stereocenters. The van der Waals surface area contributed by atoms with Gasteiger partial charge in [0.1, 0.15) is 6.61 Å². The maximum absolute atomic E-state index is 5.47. The van der Waals surface area contributed by atoms with E-state index < -0.39 is 0 Å². The first-order chi connectivity index (χ1) is 12.7. The van der Waals surface area contributed by atoms with Gasteiger partial charge in [0, 0.05) is 32.5 Å². The Morgan fingerprint density at radius 3 is 2.81 bits per heavy atom. The van der Waals surface area contributed by atoms with Gasteiger partial charge in [-0.1, -0.05) is 13.0 Å². The average molecular weight is 377 g/mol. The van der Waals surface area contributed by atoms with Gasteiger partial charge in [-0.15, -0.1) is 0 Å². The van der Waals surface area contributed by atoms with Crippen LogP contribution in [0.15, 0.2) is 40.1 Å². The van der Waals surface area contributed by atoms with Crippen molar-refractivity contribution in [1.82, 2.24) is 15.6 Å². The standard InChI is InChI=1S/C19H28N4O2S/c1-4-20-19(22-11-15(2)17-7-10-26-14-17)23-13-16-5-6-18(21-12-16)25-9-8-24-3/h5-7,10,12,14-15H,4,8-9,11,13H2,1-3H3,(H2,20,22,23). The number of aromatic nitrogens is 1. The number of aliphatic imine (C=N–C) groups is 1. The van der Waals surface area contributed by atoms with Crippen molar-refractivity contribution in [1.29, 1.82) is 0 Å². The number of methoxy groups -OCH3 is 1. The Morgan fingerprint density at radius 1 is 1.27 bits per heavy atom. The minimum atomic E-state index is 0.440. The van der Waals surface area contributed by atoms with E-state index in [9.17, 15) is 0 Å². The maximum atomic E-state index is 5.47. The molecule has 0 radical (unpaired) electrons. The fourth-order valence-corrected chi connectivity index (χ4v) is 3.04. The van der Waals surface area contributed by atoms with Crippen molar-refractivity contribution in [3.63, 3.8) is 0 Å². The molecule has 0 amide bonds. The van der Waals surface area contributed by atoms with E-state index in [-0.39, 0.29) is 0 Å². The monoisotopic (exact) mass is 376 g/mol. The summed E-state index contributed by atoms with van der Waals surface area (Å²) in [7, 11) is 1.65. The Kier molecular flexibility index (Phi) is 8.92. The van der Waals surface area contributed by atoms with Crippen LogP contribution in [-0.2, 0) is 11.3 Å². The minimum Gasteiger partial charge on any atom is -0.475 e. The number of guanidine groups is 1. The second kappa shape index (κ2) is 11.5. The number of thiophene rings is 1. The number of hydrogen-bond acceptors (Lipinski definition) is 5. The highest BCUT2D eigenvalue weighted by atomic mass is 32.1. The van der Waals surface area contributed by atoms with Gasteiger partial charge in [-0.05, 0) is 40.8 Å². The van der Waals surface area contributed by atoms with Crippen molar-refractivity contribution in [2.75, 3.05) is 33.4 Å². The molecule has 2 N–H and O–H groups in total. The van der Waals surface area contributed by atoms with Crippen LogP contribution in [0.3, 0.4) is 0 Å². The lowest BCUT2D eigenvalue weighted by molar-refractivity contribution is 0.143. The summed E-state index contributed by atoms with van der Waals surface area (Å²) in [6.07, 6.45) is 1.79. The smallest absolute Gasteiger partial charge is 0.213 e. The molecule has 6 nitrogen and oxygen atoms in total. The summed E-state index contributed by atoms with van der Waals surface area (Å²) in [5.41, 5.74) is 2.39. The van der Waals surface area contributed by atoms with Gasteiger partial charge in [0.15, 0.2) is 5.96 Å². The first-order valence-corrected chi connectivity index (χ1v) is 9.78. The minimum absolute atomic E-state index is 0.440. The van der Waals surface area contributed by atoms with Gasteiger partial charge in [-0.25, -0.2) is 9.98 Å². The molecule has 2 rings (SSSR count). The Morgan fingerprint density at radius 2 is 2.15 bits per heavy atom. The molecule has 0 saturated heterocycles. The molecule has 0 aromatic carbocycles. The van der Waals surface area contributed by atoms with Crippen LogP contribution < -0.4 is 15.4 Å². The zero-order valence-electron chi connectivity index (χ0n) is 15.7. The summed E-state index contributed by atoms with van der Waals surface area (Å²) < 4.78 is 10.4. The molecule has 2 aromatic heterocycles. The van der Waals surface area contributed by atoms with E-state index in [1.165, 1.54) is 5.56 Å². The van der Waals surface area contributed by atoms with Gasteiger partial charge in [-0.2, -0.15) is 11.3 Å². The van der Waals surface area contributed by atoms with Crippen molar-refractivity contribution in [2.45, 2.75) is 26.3 Å². The van der Waals surface area contributed by atoms with Crippen molar-refractivity contribution in [3.8, 4) is 5.88 Å². The molecule has 142 valence electrons. The molecule has 1 unspecified atom stereocenters. The summed E-state index contributed by atoms with van der Waals surface area (Å²) in [6, 6.07) is 6.01. The summed E-state index contributed by atoms with van der Waals surface area (Å²) in [5.74, 6) is 1.86. The SMILES string of the molecule is CCNC(=NCc1ccc(OCCOC)nc1)NCC(C)c1ccsc1. The first-order valence-electron chi connectivity index (χ1n) is 8.83. The highest BCUT2D eigenvalue weighted by molar-refractivity contribution is 7.07. The highest BCUT2D eigenvalue weighted by Crippen LogP contribution is 2.17. The van der Waals surface area contributed by atoms with Crippen LogP contribution in [0.5, 0.6) is 5.88 Å². The molecule has 2 aromatic rings. The lowest BCUT2D eigenvalue weighted by Crippen LogP contribution is -2.39. The van der Waals surface area contributed by atoms with Crippen LogP contribution in [0.2, 0.25) is 0 Å². The number of rotatable bonds is 10. The summed E-state index contributed by atoms with van der Waals surface area (Å²) >= 11 is 1.73. The Labute approximate surface area is 159 Å². The van der Waals surface area contributed by atoms with Gasteiger partial charge >= 0.3 is 0 Å². The lowest BCUT2D eigenvalue weighted by Gasteiger charge is -2.15. The third-order valence-electron chi connectivity index (χ3n) is 3.79.